The molecular weight excluding hydrogens is 658 g/mol. The van der Waals surface area contributed by atoms with Crippen LogP contribution in [0, 0.1) is 24.7 Å². The first-order chi connectivity index (χ1) is 22.4. The molecule has 1 fully saturated rings. The molecule has 1 aliphatic heterocycles. The van der Waals surface area contributed by atoms with Crippen LogP contribution >= 0.6 is 0 Å². The Morgan fingerprint density at radius 1 is 1.00 bits per heavy atom. The number of hydrogen-bond acceptors (Lipinski definition) is 6. The number of halogens is 2. The van der Waals surface area contributed by atoms with Crippen LogP contribution in [0.2, 0.25) is 0 Å². The molecule has 4 atom stereocenters. The predicted molar refractivity (Wildman–Crippen MR) is 186 cm³/mol. The first kappa shape index (κ1) is 41.8. The second kappa shape index (κ2) is 17.1. The molecule has 2 rings (SSSR count). The zero-order chi connectivity index (χ0) is 37.5. The summed E-state index contributed by atoms with van der Waals surface area (Å²) in [5.74, 6) is -2.01. The van der Waals surface area contributed by atoms with Crippen molar-refractivity contribution in [2.75, 3.05) is 32.9 Å². The van der Waals surface area contributed by atoms with Gasteiger partial charge in [-0.1, -0.05) is 65.3 Å². The van der Waals surface area contributed by atoms with E-state index in [4.69, 9.17) is 0 Å². The Hall–Kier alpha value is -3.33. The Bertz CT molecular complexity index is 1440. The molecule has 4 N–H and O–H groups in total. The van der Waals surface area contributed by atoms with Crippen molar-refractivity contribution in [3.8, 4) is 0 Å². The first-order valence-electron chi connectivity index (χ1n) is 16.6. The highest BCUT2D eigenvalue weighted by Crippen LogP contribution is 2.27. The molecule has 0 unspecified atom stereocenters. The van der Waals surface area contributed by atoms with Crippen LogP contribution in [-0.2, 0) is 30.8 Å². The third-order valence-electron chi connectivity index (χ3n) is 8.82. The average molecular weight is 715 g/mol. The number of hydrogen-bond donors (Lipinski definition) is 4. The number of nitrogens with zero attached hydrogens (tertiary/aromatic N) is 2. The van der Waals surface area contributed by atoms with E-state index in [0.29, 0.717) is 12.8 Å². The summed E-state index contributed by atoms with van der Waals surface area (Å²) in [4.78, 5) is 55.1. The minimum absolute atomic E-state index is 0.00277. The number of urea groups is 1. The lowest BCUT2D eigenvalue weighted by molar-refractivity contribution is -0.142. The highest BCUT2D eigenvalue weighted by Gasteiger charge is 2.43. The minimum Gasteiger partial charge on any atom is -0.354 e. The quantitative estimate of drug-likeness (QED) is 0.232. The standard InChI is InChI=1S/C34H56F2N6O6S/c1-21-13-14-23(22(2)18-21)15-16-37-29(43)24(19-27(35)36)38-30(44)25-12-11-17-42(25)31(45)28(34(6,7)8)40-32(46)39-26(33(3,4)5)20-41(9)49(10,47)48/h13-14,18,24-28H,11-12,15-17,19-20H2,1-10H3,(H,37,43)(H,38,44)(H2,39,40,46)/t24-,25-,26+,28+/m0/s1. The van der Waals surface area contributed by atoms with Crippen LogP contribution < -0.4 is 21.3 Å². The van der Waals surface area contributed by atoms with Gasteiger partial charge in [0.05, 0.1) is 6.26 Å². The third kappa shape index (κ3) is 12.8. The number of carbonyl (C=O) groups is 4. The van der Waals surface area contributed by atoms with Gasteiger partial charge in [-0.05, 0) is 55.1 Å². The summed E-state index contributed by atoms with van der Waals surface area (Å²) in [5.41, 5.74) is 1.79. The molecule has 0 radical (unpaired) electrons. The summed E-state index contributed by atoms with van der Waals surface area (Å²) in [6.07, 6.45) is -1.49. The lowest BCUT2D eigenvalue weighted by atomic mass is 9.85. The lowest BCUT2D eigenvalue weighted by Crippen LogP contribution is -2.62. The Balaban J connectivity index is 2.16. The smallest absolute Gasteiger partial charge is 0.315 e. The molecule has 0 aliphatic carbocycles. The number of sulfonamides is 1. The zero-order valence-electron chi connectivity index (χ0n) is 30.6. The Kier molecular flexibility index (Phi) is 14.6. The lowest BCUT2D eigenvalue weighted by Gasteiger charge is -2.37. The molecule has 1 aromatic carbocycles. The van der Waals surface area contributed by atoms with Gasteiger partial charge in [-0.2, -0.15) is 0 Å². The number of likely N-dealkylation sites (tertiary alicyclic amines) is 1. The Labute approximate surface area is 290 Å². The molecule has 1 aromatic rings. The first-order valence-corrected chi connectivity index (χ1v) is 18.5. The van der Waals surface area contributed by atoms with E-state index in [2.05, 4.69) is 21.3 Å². The van der Waals surface area contributed by atoms with E-state index in [1.165, 1.54) is 11.9 Å². The summed E-state index contributed by atoms with van der Waals surface area (Å²) in [7, 11) is -2.11. The van der Waals surface area contributed by atoms with Crippen molar-refractivity contribution >= 4 is 33.8 Å². The van der Waals surface area contributed by atoms with Crippen LogP contribution in [-0.4, -0.2) is 105 Å². The molecule has 15 heteroatoms. The molecule has 0 spiro atoms. The van der Waals surface area contributed by atoms with Crippen molar-refractivity contribution in [2.45, 2.75) is 112 Å². The topological polar surface area (TPSA) is 157 Å². The van der Waals surface area contributed by atoms with Crippen molar-refractivity contribution in [2.24, 2.45) is 10.8 Å². The fraction of sp³-hybridized carbons (Fsp3) is 0.706. The number of rotatable bonds is 14. The van der Waals surface area contributed by atoms with Gasteiger partial charge < -0.3 is 26.2 Å². The number of likely N-dealkylation sites (N-methyl/N-ethyl adjacent to an activating group) is 1. The van der Waals surface area contributed by atoms with Crippen LogP contribution in [0.3, 0.4) is 0 Å². The molecule has 5 amide bonds. The normalized spacial score (nSPS) is 17.4. The minimum atomic E-state index is -3.52. The van der Waals surface area contributed by atoms with Crippen LogP contribution in [0.5, 0.6) is 0 Å². The van der Waals surface area contributed by atoms with Crippen LogP contribution in [0.1, 0.15) is 77.5 Å². The molecule has 12 nitrogen and oxygen atoms in total. The maximum absolute atomic E-state index is 14.0. The second-order valence-corrected chi connectivity index (χ2v) is 17.3. The molecule has 1 aliphatic rings. The van der Waals surface area contributed by atoms with Gasteiger partial charge in [0.15, 0.2) is 0 Å². The summed E-state index contributed by atoms with van der Waals surface area (Å²) < 4.78 is 52.3. The highest BCUT2D eigenvalue weighted by molar-refractivity contribution is 7.88. The van der Waals surface area contributed by atoms with Crippen LogP contribution in [0.15, 0.2) is 18.2 Å². The van der Waals surface area contributed by atoms with E-state index in [1.54, 1.807) is 20.8 Å². The number of alkyl halides is 2. The average Bonchev–Trinajstić information content (AvgIpc) is 3.44. The summed E-state index contributed by atoms with van der Waals surface area (Å²) in [5, 5.41) is 10.7. The van der Waals surface area contributed by atoms with Crippen molar-refractivity contribution in [1.29, 1.82) is 0 Å². The highest BCUT2D eigenvalue weighted by atomic mass is 32.2. The number of amides is 5. The zero-order valence-corrected chi connectivity index (χ0v) is 31.4. The number of benzene rings is 1. The van der Waals surface area contributed by atoms with Gasteiger partial charge in [0.1, 0.15) is 18.1 Å². The molecule has 1 saturated heterocycles. The fourth-order valence-electron chi connectivity index (χ4n) is 5.62. The van der Waals surface area contributed by atoms with E-state index < -0.39 is 81.6 Å². The molecule has 0 saturated carbocycles. The van der Waals surface area contributed by atoms with Gasteiger partial charge in [0.2, 0.25) is 34.2 Å². The van der Waals surface area contributed by atoms with Gasteiger partial charge in [0.25, 0.3) is 0 Å². The third-order valence-corrected chi connectivity index (χ3v) is 10.1. The molecule has 0 bridgehead atoms. The van der Waals surface area contributed by atoms with Crippen molar-refractivity contribution < 1.29 is 36.4 Å². The van der Waals surface area contributed by atoms with Gasteiger partial charge in [-0.3, -0.25) is 14.4 Å². The Morgan fingerprint density at radius 2 is 1.63 bits per heavy atom. The molecule has 0 aromatic heterocycles. The summed E-state index contributed by atoms with van der Waals surface area (Å²) in [6.45, 7) is 15.1. The molecule has 49 heavy (non-hydrogen) atoms. The van der Waals surface area contributed by atoms with E-state index >= 15 is 0 Å². The van der Waals surface area contributed by atoms with Gasteiger partial charge >= 0.3 is 6.03 Å². The number of aryl methyl sites for hydroxylation is 2. The van der Waals surface area contributed by atoms with Gasteiger partial charge in [0, 0.05) is 39.1 Å². The predicted octanol–water partition coefficient (Wildman–Crippen LogP) is 3.11. The molecule has 278 valence electrons. The number of carbonyl (C=O) groups excluding carboxylic acids is 4. The van der Waals surface area contributed by atoms with E-state index in [0.717, 1.165) is 27.3 Å². The monoisotopic (exact) mass is 714 g/mol. The van der Waals surface area contributed by atoms with E-state index in [1.807, 2.05) is 52.8 Å². The van der Waals surface area contributed by atoms with E-state index in [-0.39, 0.29) is 26.1 Å². The largest absolute Gasteiger partial charge is 0.354 e. The summed E-state index contributed by atoms with van der Waals surface area (Å²) >= 11 is 0. The Morgan fingerprint density at radius 3 is 2.16 bits per heavy atom. The van der Waals surface area contributed by atoms with Crippen molar-refractivity contribution in [1.82, 2.24) is 30.5 Å². The van der Waals surface area contributed by atoms with Crippen LogP contribution in [0.4, 0.5) is 13.6 Å². The molecular formula is C34H56F2N6O6S. The number of nitrogens with one attached hydrogen (secondary N) is 4. The van der Waals surface area contributed by atoms with Gasteiger partial charge in [-0.15, -0.1) is 0 Å². The maximum Gasteiger partial charge on any atom is 0.315 e. The maximum atomic E-state index is 14.0. The van der Waals surface area contributed by atoms with Crippen molar-refractivity contribution in [3.05, 3.63) is 34.9 Å². The van der Waals surface area contributed by atoms with E-state index in [9.17, 15) is 36.4 Å². The summed E-state index contributed by atoms with van der Waals surface area (Å²) in [6, 6.07) is 0.971. The molecule has 1 heterocycles. The van der Waals surface area contributed by atoms with Crippen molar-refractivity contribution in [3.63, 3.8) is 0 Å². The van der Waals surface area contributed by atoms with Crippen LogP contribution in [0.25, 0.3) is 0 Å². The second-order valence-electron chi connectivity index (χ2n) is 15.2. The van der Waals surface area contributed by atoms with Gasteiger partial charge in [-0.25, -0.2) is 26.3 Å². The SMILES string of the molecule is Cc1ccc(CCNC(=O)[C@H](CC(F)F)NC(=O)[C@@H]2CCCN2C(=O)[C@@H](NC(=O)N[C@H](CN(C)S(C)(=O)=O)C(C)(C)C)C(C)(C)C)c(C)c1. The fourth-order valence-corrected chi connectivity index (χ4v) is 6.04.